The van der Waals surface area contributed by atoms with E-state index in [1.165, 1.54) is 11.8 Å². The lowest BCUT2D eigenvalue weighted by Crippen LogP contribution is -2.33. The number of nitrogens with zero attached hydrogens (tertiary/aromatic N) is 3. The molecule has 2 aromatic heterocycles. The smallest absolute Gasteiger partial charge is 0.235 e. The normalized spacial score (nSPS) is 27.8. The van der Waals surface area contributed by atoms with Gasteiger partial charge in [0, 0.05) is 16.8 Å². The number of thioether (sulfide) groups is 1. The maximum atomic E-state index is 12.0. The van der Waals surface area contributed by atoms with Crippen molar-refractivity contribution in [1.82, 2.24) is 20.0 Å². The molecule has 10 heteroatoms. The van der Waals surface area contributed by atoms with Gasteiger partial charge in [0.1, 0.15) is 5.82 Å². The maximum Gasteiger partial charge on any atom is 0.235 e. The molecule has 4 heterocycles. The van der Waals surface area contributed by atoms with Crippen LogP contribution in [0.1, 0.15) is 41.1 Å². The third kappa shape index (κ3) is 2.75. The molecule has 4 rings (SSSR count). The molecule has 0 radical (unpaired) electrons. The highest BCUT2D eigenvalue weighted by Gasteiger charge is 2.42. The van der Waals surface area contributed by atoms with E-state index in [1.54, 1.807) is 6.20 Å². The van der Waals surface area contributed by atoms with Gasteiger partial charge < -0.3 is 5.32 Å². The second-order valence-electron chi connectivity index (χ2n) is 7.27. The van der Waals surface area contributed by atoms with Crippen molar-refractivity contribution in [2.75, 3.05) is 22.6 Å². The number of aryl methyl sites for hydroxylation is 1. The second-order valence-corrected chi connectivity index (χ2v) is 10.6. The lowest BCUT2D eigenvalue weighted by atomic mass is 10.0. The first-order chi connectivity index (χ1) is 12.2. The number of hydrogen-bond donors (Lipinski definition) is 2. The Bertz CT molecular complexity index is 994. The maximum absolute atomic E-state index is 12.0. The minimum absolute atomic E-state index is 0.0699. The Morgan fingerprint density at radius 1 is 1.38 bits per heavy atom. The van der Waals surface area contributed by atoms with Crippen LogP contribution >= 0.6 is 11.8 Å². The quantitative estimate of drug-likeness (QED) is 0.798. The first-order valence-electron chi connectivity index (χ1n) is 8.42. The Hall–Kier alpha value is -1.81. The summed E-state index contributed by atoms with van der Waals surface area (Å²) >= 11 is 1.53. The van der Waals surface area contributed by atoms with Crippen molar-refractivity contribution >= 4 is 33.3 Å². The third-order valence-electron chi connectivity index (χ3n) is 5.20. The summed E-state index contributed by atoms with van der Waals surface area (Å²) in [6.07, 6.45) is 2.29. The van der Waals surface area contributed by atoms with Crippen molar-refractivity contribution in [3.63, 3.8) is 0 Å². The van der Waals surface area contributed by atoms with Gasteiger partial charge in [-0.2, -0.15) is 10.2 Å². The Balaban J connectivity index is 1.80. The van der Waals surface area contributed by atoms with Gasteiger partial charge in [0.15, 0.2) is 9.84 Å². The van der Waals surface area contributed by atoms with Crippen LogP contribution in [0.4, 0.5) is 5.82 Å². The second kappa shape index (κ2) is 5.85. The van der Waals surface area contributed by atoms with Crippen molar-refractivity contribution in [2.24, 2.45) is 0 Å². The molecule has 26 heavy (non-hydrogen) atoms. The standard InChI is InChI=1S/C16H21N5O3S2/c1-9-13(14-11-6-17-19-15(11)18-12(22)7-25-14)10(2)21(20-9)16(3)4-5-26(23,24)8-16/h6,14H,4-5,7-8H2,1-3H3,(H2,17,18,19,22)/t14-,16-/m0/s1. The minimum atomic E-state index is -3.04. The van der Waals surface area contributed by atoms with Crippen molar-refractivity contribution < 1.29 is 13.2 Å². The first-order valence-corrected chi connectivity index (χ1v) is 11.3. The number of H-pyrrole nitrogens is 1. The molecule has 8 nitrogen and oxygen atoms in total. The van der Waals surface area contributed by atoms with Crippen LogP contribution in [0.15, 0.2) is 6.20 Å². The number of carbonyl (C=O) groups excluding carboxylic acids is 1. The van der Waals surface area contributed by atoms with E-state index in [4.69, 9.17) is 5.10 Å². The fraction of sp³-hybridized carbons (Fsp3) is 0.562. The van der Waals surface area contributed by atoms with Crippen molar-refractivity contribution in [3.05, 3.63) is 28.7 Å². The van der Waals surface area contributed by atoms with Crippen LogP contribution in [0.2, 0.25) is 0 Å². The van der Waals surface area contributed by atoms with Crippen LogP contribution in [-0.2, 0) is 20.2 Å². The first kappa shape index (κ1) is 17.6. The van der Waals surface area contributed by atoms with Crippen LogP contribution < -0.4 is 5.32 Å². The molecule has 140 valence electrons. The number of aromatic nitrogens is 4. The summed E-state index contributed by atoms with van der Waals surface area (Å²) in [5.41, 5.74) is 3.21. The Morgan fingerprint density at radius 3 is 2.85 bits per heavy atom. The number of anilines is 1. The topological polar surface area (TPSA) is 110 Å². The van der Waals surface area contributed by atoms with E-state index in [0.717, 1.165) is 22.5 Å². The van der Waals surface area contributed by atoms with Gasteiger partial charge in [-0.3, -0.25) is 14.6 Å². The number of aromatic amines is 1. The van der Waals surface area contributed by atoms with Crippen LogP contribution in [-0.4, -0.2) is 51.6 Å². The van der Waals surface area contributed by atoms with Crippen molar-refractivity contribution in [2.45, 2.75) is 38.0 Å². The number of carbonyl (C=O) groups is 1. The molecular formula is C16H21N5O3S2. The average Bonchev–Trinajstić information content (AvgIpc) is 3.17. The zero-order valence-corrected chi connectivity index (χ0v) is 16.5. The zero-order valence-electron chi connectivity index (χ0n) is 14.9. The van der Waals surface area contributed by atoms with E-state index in [-0.39, 0.29) is 22.7 Å². The summed E-state index contributed by atoms with van der Waals surface area (Å²) in [6.45, 7) is 5.87. The molecule has 0 unspecified atom stereocenters. The van der Waals surface area contributed by atoms with Gasteiger partial charge >= 0.3 is 0 Å². The molecular weight excluding hydrogens is 374 g/mol. The largest absolute Gasteiger partial charge is 0.310 e. The number of fused-ring (bicyclic) bond motifs is 1. The van der Waals surface area contributed by atoms with Gasteiger partial charge in [-0.05, 0) is 27.2 Å². The molecule has 1 fully saturated rings. The summed E-state index contributed by atoms with van der Waals surface area (Å²) < 4.78 is 25.9. The number of nitrogens with one attached hydrogen (secondary N) is 2. The molecule has 2 aliphatic rings. The molecule has 1 amide bonds. The Kier molecular flexibility index (Phi) is 3.96. The molecule has 0 bridgehead atoms. The molecule has 1 saturated heterocycles. The zero-order chi connectivity index (χ0) is 18.7. The van der Waals surface area contributed by atoms with Gasteiger partial charge in [-0.15, -0.1) is 11.8 Å². The fourth-order valence-corrected chi connectivity index (χ4v) is 7.34. The summed E-state index contributed by atoms with van der Waals surface area (Å²) in [6, 6.07) is 0. The molecule has 2 aliphatic heterocycles. The number of sulfone groups is 1. The summed E-state index contributed by atoms with van der Waals surface area (Å²) in [5, 5.41) is 14.4. The SMILES string of the molecule is Cc1nn([C@@]2(C)CCS(=O)(=O)C2)c(C)c1[C@H]1SCC(=O)Nc2[nH]ncc21. The van der Waals surface area contributed by atoms with E-state index in [1.807, 2.05) is 25.5 Å². The number of rotatable bonds is 2. The predicted molar refractivity (Wildman–Crippen MR) is 100 cm³/mol. The highest BCUT2D eigenvalue weighted by Crippen LogP contribution is 2.44. The fourth-order valence-electron chi connectivity index (χ4n) is 3.98. The summed E-state index contributed by atoms with van der Waals surface area (Å²) in [5.74, 6) is 1.18. The van der Waals surface area contributed by atoms with Gasteiger partial charge in [0.2, 0.25) is 5.91 Å². The minimum Gasteiger partial charge on any atom is -0.310 e. The summed E-state index contributed by atoms with van der Waals surface area (Å²) in [4.78, 5) is 12.0. The molecule has 0 aliphatic carbocycles. The number of amides is 1. The van der Waals surface area contributed by atoms with Gasteiger partial charge in [0.25, 0.3) is 0 Å². The third-order valence-corrected chi connectivity index (χ3v) is 8.34. The van der Waals surface area contributed by atoms with Crippen LogP contribution in [0.3, 0.4) is 0 Å². The molecule has 2 atom stereocenters. The van der Waals surface area contributed by atoms with Gasteiger partial charge in [-0.25, -0.2) is 8.42 Å². The van der Waals surface area contributed by atoms with Gasteiger partial charge in [0.05, 0.1) is 39.9 Å². The molecule has 2 N–H and O–H groups in total. The highest BCUT2D eigenvalue weighted by molar-refractivity contribution is 8.00. The van der Waals surface area contributed by atoms with Crippen molar-refractivity contribution in [1.29, 1.82) is 0 Å². The molecule has 0 aromatic carbocycles. The van der Waals surface area contributed by atoms with Gasteiger partial charge in [-0.1, -0.05) is 0 Å². The van der Waals surface area contributed by atoms with Crippen LogP contribution in [0.25, 0.3) is 0 Å². The van der Waals surface area contributed by atoms with Crippen LogP contribution in [0, 0.1) is 13.8 Å². The van der Waals surface area contributed by atoms with E-state index in [0.29, 0.717) is 18.0 Å². The van der Waals surface area contributed by atoms with Crippen molar-refractivity contribution in [3.8, 4) is 0 Å². The van der Waals surface area contributed by atoms with Crippen LogP contribution in [0.5, 0.6) is 0 Å². The van der Waals surface area contributed by atoms with E-state index < -0.39 is 15.4 Å². The molecule has 2 aromatic rings. The summed E-state index contributed by atoms with van der Waals surface area (Å²) in [7, 11) is -3.04. The number of hydrogen-bond acceptors (Lipinski definition) is 6. The van der Waals surface area contributed by atoms with E-state index in [9.17, 15) is 13.2 Å². The predicted octanol–water partition coefficient (Wildman–Crippen LogP) is 1.53. The lowest BCUT2D eigenvalue weighted by Gasteiger charge is -2.25. The molecule has 0 saturated carbocycles. The Morgan fingerprint density at radius 2 is 2.15 bits per heavy atom. The lowest BCUT2D eigenvalue weighted by molar-refractivity contribution is -0.113. The Labute approximate surface area is 156 Å². The molecule has 0 spiro atoms. The average molecular weight is 396 g/mol. The monoisotopic (exact) mass is 395 g/mol. The van der Waals surface area contributed by atoms with E-state index in [2.05, 4.69) is 15.5 Å². The van der Waals surface area contributed by atoms with E-state index >= 15 is 0 Å². The highest BCUT2D eigenvalue weighted by atomic mass is 32.2.